The summed E-state index contributed by atoms with van der Waals surface area (Å²) in [6.07, 6.45) is 2.53. The van der Waals surface area contributed by atoms with Crippen molar-refractivity contribution in [1.82, 2.24) is 9.55 Å². The minimum Gasteiger partial charge on any atom is -0.383 e. The van der Waals surface area contributed by atoms with E-state index in [1.54, 1.807) is 18.9 Å². The molecule has 2 heterocycles. The highest BCUT2D eigenvalue weighted by Crippen LogP contribution is 2.34. The van der Waals surface area contributed by atoms with E-state index < -0.39 is 0 Å². The number of aromatic nitrogens is 2. The lowest BCUT2D eigenvalue weighted by Crippen LogP contribution is -2.24. The van der Waals surface area contributed by atoms with E-state index >= 15 is 0 Å². The standard InChI is InChI=1S/C21H23N3O2S/c1-26-11-10-23-19-9-4-3-8-18(19)22-21(23)15-12-20(25)24(14-15)16-6-5-7-17(13-16)27-2/h3-9,13,15H,10-12,14H2,1-2H3/t15-/m0/s1. The SMILES string of the molecule is COCCn1c([C@H]2CC(=O)N(c3cccc(SC)c3)C2)nc2ccccc21. The Morgan fingerprint density at radius 3 is 2.89 bits per heavy atom. The fourth-order valence-corrected chi connectivity index (χ4v) is 4.19. The Hall–Kier alpha value is -2.31. The van der Waals surface area contributed by atoms with Crippen LogP contribution in [0.25, 0.3) is 11.0 Å². The molecule has 0 aliphatic carbocycles. The monoisotopic (exact) mass is 381 g/mol. The second kappa shape index (κ2) is 7.74. The van der Waals surface area contributed by atoms with Gasteiger partial charge in [-0.15, -0.1) is 11.8 Å². The number of hydrogen-bond donors (Lipinski definition) is 0. The Kier molecular flexibility index (Phi) is 5.18. The summed E-state index contributed by atoms with van der Waals surface area (Å²) in [5.74, 6) is 1.22. The number of carbonyl (C=O) groups is 1. The van der Waals surface area contributed by atoms with Crippen LogP contribution in [0.15, 0.2) is 53.4 Å². The first-order chi connectivity index (χ1) is 13.2. The maximum atomic E-state index is 12.8. The van der Waals surface area contributed by atoms with Gasteiger partial charge < -0.3 is 14.2 Å². The van der Waals surface area contributed by atoms with Crippen LogP contribution in [0, 0.1) is 0 Å². The number of thioether (sulfide) groups is 1. The Morgan fingerprint density at radius 2 is 2.07 bits per heavy atom. The van der Waals surface area contributed by atoms with Crippen LogP contribution < -0.4 is 4.90 Å². The molecule has 27 heavy (non-hydrogen) atoms. The number of nitrogens with zero attached hydrogens (tertiary/aromatic N) is 3. The van der Waals surface area contributed by atoms with E-state index in [-0.39, 0.29) is 11.8 Å². The number of imidazole rings is 1. The molecule has 0 unspecified atom stereocenters. The highest BCUT2D eigenvalue weighted by atomic mass is 32.2. The van der Waals surface area contributed by atoms with Crippen molar-refractivity contribution in [3.8, 4) is 0 Å². The van der Waals surface area contributed by atoms with Crippen LogP contribution in [-0.4, -0.2) is 42.0 Å². The zero-order valence-electron chi connectivity index (χ0n) is 15.6. The van der Waals surface area contributed by atoms with Crippen LogP contribution in [0.4, 0.5) is 5.69 Å². The normalized spacial score (nSPS) is 17.2. The van der Waals surface area contributed by atoms with Crippen molar-refractivity contribution in [2.45, 2.75) is 23.8 Å². The van der Waals surface area contributed by atoms with E-state index in [1.807, 2.05) is 41.5 Å². The summed E-state index contributed by atoms with van der Waals surface area (Å²) in [5, 5.41) is 0. The number of methoxy groups -OCH3 is 1. The lowest BCUT2D eigenvalue weighted by Gasteiger charge is -2.18. The van der Waals surface area contributed by atoms with Gasteiger partial charge in [0, 0.05) is 43.1 Å². The number of carbonyl (C=O) groups excluding carboxylic acids is 1. The molecule has 1 aliphatic heterocycles. The highest BCUT2D eigenvalue weighted by Gasteiger charge is 2.34. The van der Waals surface area contributed by atoms with Crippen molar-refractivity contribution in [3.05, 3.63) is 54.4 Å². The molecular weight excluding hydrogens is 358 g/mol. The van der Waals surface area contributed by atoms with Gasteiger partial charge in [0.1, 0.15) is 5.82 Å². The minimum absolute atomic E-state index is 0.0830. The molecule has 1 saturated heterocycles. The first-order valence-corrected chi connectivity index (χ1v) is 10.3. The van der Waals surface area contributed by atoms with E-state index in [4.69, 9.17) is 9.72 Å². The van der Waals surface area contributed by atoms with Crippen LogP contribution >= 0.6 is 11.8 Å². The number of fused-ring (bicyclic) bond motifs is 1. The molecular formula is C21H23N3O2S. The minimum atomic E-state index is 0.0830. The van der Waals surface area contributed by atoms with Gasteiger partial charge in [-0.05, 0) is 36.6 Å². The number of benzene rings is 2. The van der Waals surface area contributed by atoms with Gasteiger partial charge in [-0.25, -0.2) is 4.98 Å². The van der Waals surface area contributed by atoms with E-state index in [9.17, 15) is 4.79 Å². The summed E-state index contributed by atoms with van der Waals surface area (Å²) >= 11 is 1.69. The van der Waals surface area contributed by atoms with Gasteiger partial charge in [0.25, 0.3) is 0 Å². The fraction of sp³-hybridized carbons (Fsp3) is 0.333. The molecule has 0 radical (unpaired) electrons. The van der Waals surface area contributed by atoms with Crippen molar-refractivity contribution in [1.29, 1.82) is 0 Å². The van der Waals surface area contributed by atoms with Gasteiger partial charge in [-0.2, -0.15) is 0 Å². The van der Waals surface area contributed by atoms with E-state index in [0.29, 0.717) is 19.6 Å². The first kappa shape index (κ1) is 18.1. The van der Waals surface area contributed by atoms with Gasteiger partial charge in [-0.3, -0.25) is 4.79 Å². The van der Waals surface area contributed by atoms with E-state index in [1.165, 1.54) is 0 Å². The summed E-state index contributed by atoms with van der Waals surface area (Å²) in [7, 11) is 1.71. The second-order valence-electron chi connectivity index (χ2n) is 6.71. The summed E-state index contributed by atoms with van der Waals surface area (Å²) in [6.45, 7) is 2.01. The van der Waals surface area contributed by atoms with Crippen LogP contribution in [-0.2, 0) is 16.1 Å². The van der Waals surface area contributed by atoms with Crippen molar-refractivity contribution >= 4 is 34.4 Å². The zero-order chi connectivity index (χ0) is 18.8. The maximum Gasteiger partial charge on any atom is 0.227 e. The molecule has 1 fully saturated rings. The quantitative estimate of drug-likeness (QED) is 0.607. The molecule has 1 aromatic heterocycles. The van der Waals surface area contributed by atoms with Crippen LogP contribution in [0.2, 0.25) is 0 Å². The van der Waals surface area contributed by atoms with Crippen molar-refractivity contribution in [3.63, 3.8) is 0 Å². The number of para-hydroxylation sites is 2. The van der Waals surface area contributed by atoms with Gasteiger partial charge in [0.05, 0.1) is 17.6 Å². The Bertz CT molecular complexity index is 969. The molecule has 0 saturated carbocycles. The average molecular weight is 382 g/mol. The number of anilines is 1. The van der Waals surface area contributed by atoms with Crippen LogP contribution in [0.3, 0.4) is 0 Å². The van der Waals surface area contributed by atoms with Gasteiger partial charge in [-0.1, -0.05) is 18.2 Å². The molecule has 0 N–H and O–H groups in total. The Labute approximate surface area is 163 Å². The molecule has 6 heteroatoms. The summed E-state index contributed by atoms with van der Waals surface area (Å²) in [6, 6.07) is 16.3. The van der Waals surface area contributed by atoms with Gasteiger partial charge in [0.15, 0.2) is 0 Å². The zero-order valence-corrected chi connectivity index (χ0v) is 16.4. The molecule has 1 atom stereocenters. The third-order valence-corrected chi connectivity index (χ3v) is 5.78. The smallest absolute Gasteiger partial charge is 0.227 e. The molecule has 1 amide bonds. The van der Waals surface area contributed by atoms with Crippen molar-refractivity contribution in [2.75, 3.05) is 31.4 Å². The van der Waals surface area contributed by atoms with Crippen LogP contribution in [0.1, 0.15) is 18.2 Å². The van der Waals surface area contributed by atoms with E-state index in [2.05, 4.69) is 22.8 Å². The van der Waals surface area contributed by atoms with Crippen molar-refractivity contribution < 1.29 is 9.53 Å². The number of rotatable bonds is 6. The molecule has 5 nitrogen and oxygen atoms in total. The summed E-state index contributed by atoms with van der Waals surface area (Å²) < 4.78 is 7.50. The molecule has 0 spiro atoms. The summed E-state index contributed by atoms with van der Waals surface area (Å²) in [4.78, 5) is 20.7. The van der Waals surface area contributed by atoms with Crippen molar-refractivity contribution in [2.24, 2.45) is 0 Å². The largest absolute Gasteiger partial charge is 0.383 e. The van der Waals surface area contributed by atoms with Crippen LogP contribution in [0.5, 0.6) is 0 Å². The molecule has 0 bridgehead atoms. The number of ether oxygens (including phenoxy) is 1. The predicted octanol–water partition coefficient (Wildman–Crippen LogP) is 3.93. The van der Waals surface area contributed by atoms with Gasteiger partial charge in [0.2, 0.25) is 5.91 Å². The Balaban J connectivity index is 1.67. The Morgan fingerprint density at radius 1 is 1.22 bits per heavy atom. The second-order valence-corrected chi connectivity index (χ2v) is 7.59. The summed E-state index contributed by atoms with van der Waals surface area (Å²) in [5.41, 5.74) is 3.03. The lowest BCUT2D eigenvalue weighted by molar-refractivity contribution is -0.117. The molecule has 3 aromatic rings. The van der Waals surface area contributed by atoms with Gasteiger partial charge >= 0.3 is 0 Å². The first-order valence-electron chi connectivity index (χ1n) is 9.09. The highest BCUT2D eigenvalue weighted by molar-refractivity contribution is 7.98. The molecule has 140 valence electrons. The number of hydrogen-bond acceptors (Lipinski definition) is 4. The lowest BCUT2D eigenvalue weighted by atomic mass is 10.1. The molecule has 4 rings (SSSR count). The molecule has 1 aliphatic rings. The molecule has 2 aromatic carbocycles. The number of amides is 1. The fourth-order valence-electron chi connectivity index (χ4n) is 3.73. The maximum absolute atomic E-state index is 12.8. The third-order valence-electron chi connectivity index (χ3n) is 5.06. The van der Waals surface area contributed by atoms with E-state index in [0.717, 1.165) is 34.0 Å². The predicted molar refractivity (Wildman–Crippen MR) is 110 cm³/mol. The average Bonchev–Trinajstić information content (AvgIpc) is 3.27. The third kappa shape index (κ3) is 3.47. The topological polar surface area (TPSA) is 47.4 Å².